The molecule has 0 unspecified atom stereocenters. The first-order valence-electron chi connectivity index (χ1n) is 4.57. The molecule has 86 valence electrons. The van der Waals surface area contributed by atoms with Gasteiger partial charge in [-0.2, -0.15) is 0 Å². The summed E-state index contributed by atoms with van der Waals surface area (Å²) >= 11 is 1.34. The van der Waals surface area contributed by atoms with Crippen molar-refractivity contribution in [3.05, 3.63) is 22.2 Å². The van der Waals surface area contributed by atoms with Gasteiger partial charge in [0.25, 0.3) is 0 Å². The van der Waals surface area contributed by atoms with E-state index in [0.717, 1.165) is 0 Å². The molecule has 0 spiro atoms. The third-order valence-electron chi connectivity index (χ3n) is 2.07. The van der Waals surface area contributed by atoms with E-state index in [1.54, 1.807) is 0 Å². The Morgan fingerprint density at radius 2 is 2.38 bits per heavy atom. The summed E-state index contributed by atoms with van der Waals surface area (Å²) in [5.74, 6) is 5.62. The second-order valence-corrected chi connectivity index (χ2v) is 4.49. The lowest BCUT2D eigenvalue weighted by molar-refractivity contribution is -0.388. The van der Waals surface area contributed by atoms with Crippen molar-refractivity contribution < 1.29 is 9.66 Å². The smallest absolute Gasteiger partial charge is 0.301 e. The number of pyridine rings is 1. The van der Waals surface area contributed by atoms with Gasteiger partial charge in [0.1, 0.15) is 5.82 Å². The van der Waals surface area contributed by atoms with E-state index in [1.807, 2.05) is 0 Å². The van der Waals surface area contributed by atoms with Gasteiger partial charge in [0, 0.05) is 6.07 Å². The van der Waals surface area contributed by atoms with E-state index in [0.29, 0.717) is 24.1 Å². The largest absolute Gasteiger partial charge is 0.379 e. The van der Waals surface area contributed by atoms with Crippen LogP contribution in [0.1, 0.15) is 0 Å². The summed E-state index contributed by atoms with van der Waals surface area (Å²) in [6, 6.07) is 2.86. The number of rotatable bonds is 4. The minimum atomic E-state index is -0.449. The number of nitro groups is 1. The molecule has 1 saturated heterocycles. The number of nitrogens with zero attached hydrogens (tertiary/aromatic N) is 2. The fourth-order valence-electron chi connectivity index (χ4n) is 1.18. The van der Waals surface area contributed by atoms with E-state index in [2.05, 4.69) is 10.4 Å². The van der Waals surface area contributed by atoms with Crippen LogP contribution >= 0.6 is 11.8 Å². The second kappa shape index (κ2) is 4.64. The Balaban J connectivity index is 2.25. The summed E-state index contributed by atoms with van der Waals surface area (Å²) in [6.07, 6.45) is 0. The summed E-state index contributed by atoms with van der Waals surface area (Å²) in [7, 11) is 0. The highest BCUT2D eigenvalue weighted by Gasteiger charge is 2.25. The molecule has 8 heteroatoms. The van der Waals surface area contributed by atoms with Crippen molar-refractivity contribution in [2.45, 2.75) is 10.3 Å². The number of nitrogens with one attached hydrogen (secondary N) is 1. The van der Waals surface area contributed by atoms with Crippen molar-refractivity contribution in [2.75, 3.05) is 18.6 Å². The average molecular weight is 242 g/mol. The Kier molecular flexibility index (Phi) is 3.22. The van der Waals surface area contributed by atoms with E-state index in [1.165, 1.54) is 23.9 Å². The van der Waals surface area contributed by atoms with Crippen molar-refractivity contribution in [2.24, 2.45) is 5.84 Å². The van der Waals surface area contributed by atoms with Gasteiger partial charge in [-0.15, -0.1) is 0 Å². The third-order valence-corrected chi connectivity index (χ3v) is 3.20. The Labute approximate surface area is 95.5 Å². The molecule has 0 atom stereocenters. The standard InChI is InChI=1S/C8H10N4O3S/c9-11-7-2-1-6(12(13)14)8(10-7)16-5-3-15-4-5/h1-2,5H,3-4,9H2,(H,10,11). The quantitative estimate of drug-likeness (QED) is 0.456. The molecular weight excluding hydrogens is 232 g/mol. The van der Waals surface area contributed by atoms with Gasteiger partial charge in [0.05, 0.1) is 23.4 Å². The zero-order valence-electron chi connectivity index (χ0n) is 8.25. The van der Waals surface area contributed by atoms with Gasteiger partial charge >= 0.3 is 5.69 Å². The molecule has 1 aromatic heterocycles. The van der Waals surface area contributed by atoms with Gasteiger partial charge in [0.2, 0.25) is 0 Å². The summed E-state index contributed by atoms with van der Waals surface area (Å²) in [6.45, 7) is 1.20. The number of nitrogens with two attached hydrogens (primary N) is 1. The summed E-state index contributed by atoms with van der Waals surface area (Å²) in [5, 5.41) is 11.4. The fourth-order valence-corrected chi connectivity index (χ4v) is 2.24. The van der Waals surface area contributed by atoms with Gasteiger partial charge in [-0.1, -0.05) is 11.8 Å². The van der Waals surface area contributed by atoms with Crippen LogP contribution in [0.5, 0.6) is 0 Å². The Hall–Kier alpha value is -1.38. The number of nitrogen functional groups attached to an aromatic ring is 1. The van der Waals surface area contributed by atoms with Gasteiger partial charge < -0.3 is 10.2 Å². The van der Waals surface area contributed by atoms with Crippen LogP contribution in [0.25, 0.3) is 0 Å². The SMILES string of the molecule is NNc1ccc([N+](=O)[O-])c(SC2COC2)n1. The first-order chi connectivity index (χ1) is 7.70. The topological polar surface area (TPSA) is 103 Å². The highest BCUT2D eigenvalue weighted by molar-refractivity contribution is 8.00. The summed E-state index contributed by atoms with van der Waals surface area (Å²) in [4.78, 5) is 14.4. The Morgan fingerprint density at radius 3 is 2.88 bits per heavy atom. The molecule has 0 aliphatic carbocycles. The molecule has 1 aliphatic rings. The Morgan fingerprint density at radius 1 is 1.62 bits per heavy atom. The number of hydrogen-bond donors (Lipinski definition) is 2. The van der Waals surface area contributed by atoms with E-state index in [-0.39, 0.29) is 10.9 Å². The molecule has 2 heterocycles. The first-order valence-corrected chi connectivity index (χ1v) is 5.45. The molecule has 0 bridgehead atoms. The highest BCUT2D eigenvalue weighted by atomic mass is 32.2. The van der Waals surface area contributed by atoms with E-state index < -0.39 is 4.92 Å². The van der Waals surface area contributed by atoms with Gasteiger partial charge in [0.15, 0.2) is 5.03 Å². The molecule has 7 nitrogen and oxygen atoms in total. The predicted octanol–water partition coefficient (Wildman–Crippen LogP) is 0.766. The number of aromatic nitrogens is 1. The minimum Gasteiger partial charge on any atom is -0.379 e. The molecule has 1 aromatic rings. The zero-order chi connectivity index (χ0) is 11.5. The second-order valence-electron chi connectivity index (χ2n) is 3.20. The molecule has 2 rings (SSSR count). The van der Waals surface area contributed by atoms with Crippen LogP contribution in [-0.4, -0.2) is 28.4 Å². The monoisotopic (exact) mass is 242 g/mol. The number of hydrazine groups is 1. The predicted molar refractivity (Wildman–Crippen MR) is 59.2 cm³/mol. The molecule has 16 heavy (non-hydrogen) atoms. The molecule has 0 amide bonds. The van der Waals surface area contributed by atoms with Gasteiger partial charge in [-0.3, -0.25) is 10.1 Å². The average Bonchev–Trinajstić information content (AvgIpc) is 2.22. The maximum atomic E-state index is 10.8. The van der Waals surface area contributed by atoms with E-state index in [4.69, 9.17) is 10.6 Å². The zero-order valence-corrected chi connectivity index (χ0v) is 9.07. The fraction of sp³-hybridized carbons (Fsp3) is 0.375. The summed E-state index contributed by atoms with van der Waals surface area (Å²) in [5.41, 5.74) is 2.36. The normalized spacial score (nSPS) is 15.6. The Bertz CT molecular complexity index is 410. The maximum absolute atomic E-state index is 10.8. The highest BCUT2D eigenvalue weighted by Crippen LogP contribution is 2.33. The lowest BCUT2D eigenvalue weighted by Crippen LogP contribution is -2.30. The maximum Gasteiger partial charge on any atom is 0.301 e. The molecule has 1 aliphatic heterocycles. The van der Waals surface area contributed by atoms with Crippen molar-refractivity contribution in [3.63, 3.8) is 0 Å². The number of hydrogen-bond acceptors (Lipinski definition) is 7. The van der Waals surface area contributed by atoms with Gasteiger partial charge in [-0.25, -0.2) is 10.8 Å². The molecular formula is C8H10N4O3S. The number of thioether (sulfide) groups is 1. The van der Waals surface area contributed by atoms with Crippen molar-refractivity contribution in [1.29, 1.82) is 0 Å². The van der Waals surface area contributed by atoms with Gasteiger partial charge in [-0.05, 0) is 6.07 Å². The van der Waals surface area contributed by atoms with E-state index >= 15 is 0 Å². The van der Waals surface area contributed by atoms with Crippen LogP contribution < -0.4 is 11.3 Å². The molecule has 0 radical (unpaired) electrons. The number of ether oxygens (including phenoxy) is 1. The van der Waals surface area contributed by atoms with Crippen LogP contribution in [0.2, 0.25) is 0 Å². The minimum absolute atomic E-state index is 0.00380. The molecule has 1 fully saturated rings. The lowest BCUT2D eigenvalue weighted by Gasteiger charge is -2.24. The van der Waals surface area contributed by atoms with Crippen LogP contribution in [0.15, 0.2) is 17.2 Å². The lowest BCUT2D eigenvalue weighted by atomic mass is 10.4. The molecule has 0 aromatic carbocycles. The van der Waals surface area contributed by atoms with Crippen molar-refractivity contribution in [3.8, 4) is 0 Å². The van der Waals surface area contributed by atoms with Crippen LogP contribution in [0.3, 0.4) is 0 Å². The van der Waals surface area contributed by atoms with Crippen LogP contribution in [-0.2, 0) is 4.74 Å². The van der Waals surface area contributed by atoms with Crippen LogP contribution in [0, 0.1) is 10.1 Å². The van der Waals surface area contributed by atoms with Crippen LogP contribution in [0.4, 0.5) is 11.5 Å². The van der Waals surface area contributed by atoms with E-state index in [9.17, 15) is 10.1 Å². The van der Waals surface area contributed by atoms with Crippen molar-refractivity contribution >= 4 is 23.3 Å². The first kappa shape index (κ1) is 11.1. The number of anilines is 1. The summed E-state index contributed by atoms with van der Waals surface area (Å²) < 4.78 is 5.01. The molecule has 0 saturated carbocycles. The van der Waals surface area contributed by atoms with Crippen molar-refractivity contribution in [1.82, 2.24) is 4.98 Å². The molecule has 3 N–H and O–H groups in total. The third kappa shape index (κ3) is 2.23.